The van der Waals surface area contributed by atoms with Crippen LogP contribution in [0.5, 0.6) is 0 Å². The quantitative estimate of drug-likeness (QED) is 0.785. The smallest absolute Gasteiger partial charge is 0.303 e. The number of aliphatic carboxylic acids is 1. The van der Waals surface area contributed by atoms with Gasteiger partial charge in [0.1, 0.15) is 0 Å². The molecule has 0 aromatic rings. The average molecular weight is 214 g/mol. The highest BCUT2D eigenvalue weighted by Gasteiger charge is 2.45. The number of carboxylic acids is 1. The van der Waals surface area contributed by atoms with Crippen LogP contribution in [0, 0.1) is 11.3 Å². The van der Waals surface area contributed by atoms with E-state index in [1.54, 1.807) is 0 Å². The molecule has 2 fully saturated rings. The van der Waals surface area contributed by atoms with Crippen LogP contribution in [0.2, 0.25) is 0 Å². The lowest BCUT2D eigenvalue weighted by Crippen LogP contribution is -2.41. The van der Waals surface area contributed by atoms with Gasteiger partial charge in [0.2, 0.25) is 0 Å². The van der Waals surface area contributed by atoms with Gasteiger partial charge in [0.25, 0.3) is 0 Å². The first-order valence-corrected chi connectivity index (χ1v) is 6.68. The molecule has 1 unspecified atom stereocenters. The molecule has 1 aliphatic carbocycles. The molecule has 80 valence electrons. The third-order valence-electron chi connectivity index (χ3n) is 3.88. The number of hydrogen-bond acceptors (Lipinski definition) is 2. The third kappa shape index (κ3) is 1.92. The Hall–Kier alpha value is -0.180. The van der Waals surface area contributed by atoms with Crippen molar-refractivity contribution < 1.29 is 9.90 Å². The van der Waals surface area contributed by atoms with Crippen molar-refractivity contribution in [3.8, 4) is 0 Å². The Bertz CT molecular complexity index is 217. The predicted octanol–water partition coefficient (Wildman–Crippen LogP) is 2.77. The molecule has 2 rings (SSSR count). The molecule has 1 aliphatic heterocycles. The van der Waals surface area contributed by atoms with E-state index in [1.165, 1.54) is 30.8 Å². The molecule has 0 radical (unpaired) electrons. The van der Waals surface area contributed by atoms with Crippen molar-refractivity contribution in [3.05, 3.63) is 0 Å². The Labute approximate surface area is 89.5 Å². The van der Waals surface area contributed by atoms with Crippen LogP contribution in [0.3, 0.4) is 0 Å². The molecular formula is C11H18O2S. The first-order valence-electron chi connectivity index (χ1n) is 5.52. The topological polar surface area (TPSA) is 37.3 Å². The van der Waals surface area contributed by atoms with Gasteiger partial charge in [0.15, 0.2) is 0 Å². The lowest BCUT2D eigenvalue weighted by molar-refractivity contribution is -0.143. The largest absolute Gasteiger partial charge is 0.481 e. The van der Waals surface area contributed by atoms with Gasteiger partial charge in [-0.1, -0.05) is 6.42 Å². The van der Waals surface area contributed by atoms with Crippen molar-refractivity contribution in [2.24, 2.45) is 11.3 Å². The van der Waals surface area contributed by atoms with Gasteiger partial charge < -0.3 is 5.11 Å². The normalized spacial score (nSPS) is 30.7. The Morgan fingerprint density at radius 2 is 2.21 bits per heavy atom. The monoisotopic (exact) mass is 214 g/mol. The molecule has 3 heteroatoms. The molecule has 0 aromatic carbocycles. The van der Waals surface area contributed by atoms with Gasteiger partial charge >= 0.3 is 5.97 Å². The zero-order valence-corrected chi connectivity index (χ0v) is 9.31. The molecule has 2 nitrogen and oxygen atoms in total. The highest BCUT2D eigenvalue weighted by atomic mass is 32.2. The number of rotatable bonds is 3. The van der Waals surface area contributed by atoms with E-state index >= 15 is 0 Å². The third-order valence-corrected chi connectivity index (χ3v) is 5.09. The molecule has 1 N–H and O–H groups in total. The zero-order valence-electron chi connectivity index (χ0n) is 8.50. The lowest BCUT2D eigenvalue weighted by Gasteiger charge is -2.48. The molecule has 2 aliphatic rings. The summed E-state index contributed by atoms with van der Waals surface area (Å²) in [7, 11) is 0. The minimum absolute atomic E-state index is 0.194. The van der Waals surface area contributed by atoms with Gasteiger partial charge in [-0.25, -0.2) is 0 Å². The van der Waals surface area contributed by atoms with Crippen molar-refractivity contribution in [2.45, 2.75) is 38.5 Å². The van der Waals surface area contributed by atoms with Crippen LogP contribution in [-0.2, 0) is 4.79 Å². The molecule has 0 amide bonds. The Balaban J connectivity index is 1.99. The van der Waals surface area contributed by atoms with Crippen LogP contribution < -0.4 is 0 Å². The van der Waals surface area contributed by atoms with Crippen molar-refractivity contribution in [3.63, 3.8) is 0 Å². The lowest BCUT2D eigenvalue weighted by atomic mass is 9.58. The van der Waals surface area contributed by atoms with Crippen molar-refractivity contribution in [2.75, 3.05) is 11.5 Å². The highest BCUT2D eigenvalue weighted by Crippen LogP contribution is 2.53. The predicted molar refractivity (Wildman–Crippen MR) is 58.6 cm³/mol. The molecular weight excluding hydrogens is 196 g/mol. The van der Waals surface area contributed by atoms with Gasteiger partial charge in [-0.2, -0.15) is 11.8 Å². The second-order valence-corrected chi connectivity index (χ2v) is 5.85. The van der Waals surface area contributed by atoms with Crippen LogP contribution in [0.1, 0.15) is 38.5 Å². The standard InChI is InChI=1S/C11H18O2S/c12-10(13)7-11(4-2-5-11)9-3-1-6-14-8-9/h9H,1-8H2,(H,12,13). The van der Waals surface area contributed by atoms with Crippen LogP contribution in [0.4, 0.5) is 0 Å². The summed E-state index contributed by atoms with van der Waals surface area (Å²) in [5, 5.41) is 8.94. The van der Waals surface area contributed by atoms with Crippen LogP contribution in [0.15, 0.2) is 0 Å². The SMILES string of the molecule is O=C(O)CC1(C2CCCSC2)CCC1. The van der Waals surface area contributed by atoms with Gasteiger partial charge in [-0.3, -0.25) is 4.79 Å². The van der Waals surface area contributed by atoms with E-state index in [-0.39, 0.29) is 5.41 Å². The fourth-order valence-electron chi connectivity index (χ4n) is 2.89. The average Bonchev–Trinajstić information content (AvgIpc) is 2.12. The molecule has 14 heavy (non-hydrogen) atoms. The molecule has 0 aromatic heterocycles. The number of carbonyl (C=O) groups is 1. The van der Waals surface area contributed by atoms with Crippen molar-refractivity contribution >= 4 is 17.7 Å². The van der Waals surface area contributed by atoms with Crippen molar-refractivity contribution in [1.82, 2.24) is 0 Å². The summed E-state index contributed by atoms with van der Waals surface area (Å²) in [4.78, 5) is 10.8. The molecule has 0 spiro atoms. The number of carboxylic acid groups (broad SMARTS) is 1. The first-order chi connectivity index (χ1) is 6.73. The van der Waals surface area contributed by atoms with Crippen LogP contribution >= 0.6 is 11.8 Å². The summed E-state index contributed by atoms with van der Waals surface area (Å²) in [5.41, 5.74) is 0.194. The van der Waals surface area contributed by atoms with Gasteiger partial charge in [-0.15, -0.1) is 0 Å². The van der Waals surface area contributed by atoms with Gasteiger partial charge in [-0.05, 0) is 48.5 Å². The van der Waals surface area contributed by atoms with E-state index in [0.29, 0.717) is 12.3 Å². The maximum atomic E-state index is 10.8. The minimum atomic E-state index is -0.597. The van der Waals surface area contributed by atoms with Crippen LogP contribution in [0.25, 0.3) is 0 Å². The number of hydrogen-bond donors (Lipinski definition) is 1. The zero-order chi connectivity index (χ0) is 10.0. The van der Waals surface area contributed by atoms with Crippen molar-refractivity contribution in [1.29, 1.82) is 0 Å². The molecule has 0 bridgehead atoms. The Kier molecular flexibility index (Phi) is 3.05. The van der Waals surface area contributed by atoms with E-state index in [1.807, 2.05) is 11.8 Å². The minimum Gasteiger partial charge on any atom is -0.481 e. The summed E-state index contributed by atoms with van der Waals surface area (Å²) in [6.07, 6.45) is 6.53. The second kappa shape index (κ2) is 4.13. The van der Waals surface area contributed by atoms with E-state index < -0.39 is 5.97 Å². The second-order valence-electron chi connectivity index (χ2n) is 4.70. The summed E-state index contributed by atoms with van der Waals surface area (Å²) < 4.78 is 0. The van der Waals surface area contributed by atoms with E-state index in [2.05, 4.69) is 0 Å². The fraction of sp³-hybridized carbons (Fsp3) is 0.909. The van der Waals surface area contributed by atoms with Crippen LogP contribution in [-0.4, -0.2) is 22.6 Å². The molecule has 1 atom stereocenters. The maximum Gasteiger partial charge on any atom is 0.303 e. The van der Waals surface area contributed by atoms with Gasteiger partial charge in [0.05, 0.1) is 6.42 Å². The Morgan fingerprint density at radius 1 is 1.43 bits per heavy atom. The van der Waals surface area contributed by atoms with Gasteiger partial charge in [0, 0.05) is 0 Å². The van der Waals surface area contributed by atoms with E-state index in [9.17, 15) is 4.79 Å². The Morgan fingerprint density at radius 3 is 2.64 bits per heavy atom. The molecule has 1 heterocycles. The maximum absolute atomic E-state index is 10.8. The molecule has 1 saturated carbocycles. The van der Waals surface area contributed by atoms with E-state index in [4.69, 9.17) is 5.11 Å². The summed E-state index contributed by atoms with van der Waals surface area (Å²) in [6.45, 7) is 0. The summed E-state index contributed by atoms with van der Waals surface area (Å²) in [6, 6.07) is 0. The molecule has 1 saturated heterocycles. The number of thioether (sulfide) groups is 1. The summed E-state index contributed by atoms with van der Waals surface area (Å²) >= 11 is 2.01. The summed E-state index contributed by atoms with van der Waals surface area (Å²) in [5.74, 6) is 2.57. The first kappa shape index (κ1) is 10.3. The van der Waals surface area contributed by atoms with E-state index in [0.717, 1.165) is 12.8 Å². The highest BCUT2D eigenvalue weighted by molar-refractivity contribution is 7.99. The fourth-order valence-corrected chi connectivity index (χ4v) is 4.23.